The van der Waals surface area contributed by atoms with Crippen molar-refractivity contribution in [1.29, 1.82) is 0 Å². The van der Waals surface area contributed by atoms with Crippen LogP contribution in [0.15, 0.2) is 41.2 Å². The highest BCUT2D eigenvalue weighted by molar-refractivity contribution is 7.80. The molecule has 0 unspecified atom stereocenters. The van der Waals surface area contributed by atoms with Crippen LogP contribution in [0.2, 0.25) is 0 Å². The molecule has 0 saturated carbocycles. The Kier molecular flexibility index (Phi) is 6.56. The normalized spacial score (nSPS) is 14.6. The SMILES string of the molecule is CCOc1ccc(NC(=S)N2CCC(c3nccn3Cc3c(C)noc3C)CC2)cc1. The Morgan fingerprint density at radius 1 is 1.23 bits per heavy atom. The van der Waals surface area contributed by atoms with Crippen molar-refractivity contribution in [2.75, 3.05) is 25.0 Å². The Hall–Kier alpha value is -2.87. The number of likely N-dealkylation sites (tertiary alicyclic amines) is 1. The summed E-state index contributed by atoms with van der Waals surface area (Å²) in [5.41, 5.74) is 3.06. The van der Waals surface area contributed by atoms with Gasteiger partial charge in [-0.1, -0.05) is 5.16 Å². The van der Waals surface area contributed by atoms with Crippen molar-refractivity contribution in [3.8, 4) is 5.75 Å². The monoisotopic (exact) mass is 439 g/mol. The first-order valence-corrected chi connectivity index (χ1v) is 11.2. The van der Waals surface area contributed by atoms with Crippen LogP contribution < -0.4 is 10.1 Å². The molecule has 0 amide bonds. The molecule has 1 aliphatic heterocycles. The zero-order chi connectivity index (χ0) is 21.8. The lowest BCUT2D eigenvalue weighted by atomic mass is 9.96. The number of hydrogen-bond donors (Lipinski definition) is 1. The number of ether oxygens (including phenoxy) is 1. The topological polar surface area (TPSA) is 68.3 Å². The summed E-state index contributed by atoms with van der Waals surface area (Å²) < 4.78 is 13.0. The molecular weight excluding hydrogens is 410 g/mol. The number of benzene rings is 1. The molecule has 4 rings (SSSR count). The maximum Gasteiger partial charge on any atom is 0.173 e. The fraction of sp³-hybridized carbons (Fsp3) is 0.435. The number of nitrogens with one attached hydrogen (secondary N) is 1. The van der Waals surface area contributed by atoms with Gasteiger partial charge in [-0.3, -0.25) is 0 Å². The molecule has 164 valence electrons. The Balaban J connectivity index is 1.34. The van der Waals surface area contributed by atoms with Crippen LogP contribution in [0.25, 0.3) is 0 Å². The molecular formula is C23H29N5O2S. The molecule has 1 aliphatic rings. The van der Waals surface area contributed by atoms with Gasteiger partial charge in [0.1, 0.15) is 17.3 Å². The molecule has 1 fully saturated rings. The highest BCUT2D eigenvalue weighted by Crippen LogP contribution is 2.28. The molecule has 7 nitrogen and oxygen atoms in total. The molecule has 0 radical (unpaired) electrons. The fourth-order valence-electron chi connectivity index (χ4n) is 4.06. The van der Waals surface area contributed by atoms with Crippen molar-refractivity contribution < 1.29 is 9.26 Å². The van der Waals surface area contributed by atoms with E-state index in [9.17, 15) is 0 Å². The summed E-state index contributed by atoms with van der Waals surface area (Å²) in [6, 6.07) is 7.91. The van der Waals surface area contributed by atoms with Gasteiger partial charge in [0.05, 0.1) is 18.8 Å². The summed E-state index contributed by atoms with van der Waals surface area (Å²) >= 11 is 5.66. The predicted molar refractivity (Wildman–Crippen MR) is 125 cm³/mol. The van der Waals surface area contributed by atoms with E-state index in [0.29, 0.717) is 12.5 Å². The molecule has 3 heterocycles. The summed E-state index contributed by atoms with van der Waals surface area (Å²) in [6.07, 6.45) is 5.97. The van der Waals surface area contributed by atoms with E-state index in [1.165, 1.54) is 0 Å². The Morgan fingerprint density at radius 3 is 2.61 bits per heavy atom. The van der Waals surface area contributed by atoms with Gasteiger partial charge in [0.25, 0.3) is 0 Å². The van der Waals surface area contributed by atoms with Crippen LogP contribution in [-0.4, -0.2) is 44.4 Å². The second-order valence-electron chi connectivity index (χ2n) is 7.86. The van der Waals surface area contributed by atoms with E-state index in [2.05, 4.69) is 24.9 Å². The second-order valence-corrected chi connectivity index (χ2v) is 8.25. The predicted octanol–water partition coefficient (Wildman–Crippen LogP) is 4.51. The van der Waals surface area contributed by atoms with Crippen LogP contribution >= 0.6 is 12.2 Å². The van der Waals surface area contributed by atoms with Crippen LogP contribution in [0.5, 0.6) is 5.75 Å². The minimum Gasteiger partial charge on any atom is -0.494 e. The molecule has 1 saturated heterocycles. The number of aryl methyl sites for hydroxylation is 2. The van der Waals surface area contributed by atoms with E-state index in [-0.39, 0.29) is 0 Å². The van der Waals surface area contributed by atoms with Crippen LogP contribution in [0.4, 0.5) is 5.69 Å². The lowest BCUT2D eigenvalue weighted by Crippen LogP contribution is -2.40. The van der Waals surface area contributed by atoms with Gasteiger partial charge in [0, 0.05) is 42.7 Å². The molecule has 0 aliphatic carbocycles. The van der Waals surface area contributed by atoms with E-state index in [1.807, 2.05) is 57.4 Å². The second kappa shape index (κ2) is 9.51. The Labute approximate surface area is 188 Å². The molecule has 1 N–H and O–H groups in total. The smallest absolute Gasteiger partial charge is 0.173 e. The van der Waals surface area contributed by atoms with Crippen LogP contribution in [-0.2, 0) is 6.54 Å². The molecule has 0 spiro atoms. The van der Waals surface area contributed by atoms with Gasteiger partial charge in [0.15, 0.2) is 5.11 Å². The molecule has 2 aromatic heterocycles. The summed E-state index contributed by atoms with van der Waals surface area (Å²) in [6.45, 7) is 9.15. The number of piperidine rings is 1. The third-order valence-corrected chi connectivity index (χ3v) is 6.18. The number of imidazole rings is 1. The maximum atomic E-state index is 5.66. The number of rotatable bonds is 6. The van der Waals surface area contributed by atoms with E-state index >= 15 is 0 Å². The third kappa shape index (κ3) is 4.90. The first-order chi connectivity index (χ1) is 15.0. The van der Waals surface area contributed by atoms with Crippen molar-refractivity contribution in [1.82, 2.24) is 19.6 Å². The Morgan fingerprint density at radius 2 is 1.97 bits per heavy atom. The van der Waals surface area contributed by atoms with Gasteiger partial charge in [-0.15, -0.1) is 0 Å². The van der Waals surface area contributed by atoms with E-state index < -0.39 is 0 Å². The van der Waals surface area contributed by atoms with Crippen molar-refractivity contribution in [2.24, 2.45) is 0 Å². The quantitative estimate of drug-likeness (QED) is 0.567. The van der Waals surface area contributed by atoms with Crippen LogP contribution in [0.1, 0.15) is 48.5 Å². The number of aromatic nitrogens is 3. The molecule has 8 heteroatoms. The van der Waals surface area contributed by atoms with Crippen molar-refractivity contribution >= 4 is 23.0 Å². The van der Waals surface area contributed by atoms with Gasteiger partial charge in [-0.25, -0.2) is 4.98 Å². The van der Waals surface area contributed by atoms with Crippen molar-refractivity contribution in [2.45, 2.75) is 46.1 Å². The number of thiocarbonyl (C=S) groups is 1. The van der Waals surface area contributed by atoms with Gasteiger partial charge < -0.3 is 24.0 Å². The molecule has 31 heavy (non-hydrogen) atoms. The lowest BCUT2D eigenvalue weighted by Gasteiger charge is -2.33. The summed E-state index contributed by atoms with van der Waals surface area (Å²) in [5.74, 6) is 3.29. The highest BCUT2D eigenvalue weighted by Gasteiger charge is 2.25. The van der Waals surface area contributed by atoms with Crippen LogP contribution in [0, 0.1) is 13.8 Å². The average Bonchev–Trinajstić information content (AvgIpc) is 3.37. The van der Waals surface area contributed by atoms with Gasteiger partial charge in [-0.05, 0) is 70.1 Å². The van der Waals surface area contributed by atoms with E-state index in [1.54, 1.807) is 0 Å². The van der Waals surface area contributed by atoms with Crippen LogP contribution in [0.3, 0.4) is 0 Å². The van der Waals surface area contributed by atoms with E-state index in [4.69, 9.17) is 21.5 Å². The summed E-state index contributed by atoms with van der Waals surface area (Å²) in [4.78, 5) is 6.91. The van der Waals surface area contributed by atoms with E-state index in [0.717, 1.165) is 71.9 Å². The van der Waals surface area contributed by atoms with Crippen molar-refractivity contribution in [3.63, 3.8) is 0 Å². The van der Waals surface area contributed by atoms with Crippen molar-refractivity contribution in [3.05, 3.63) is 59.5 Å². The lowest BCUT2D eigenvalue weighted by molar-refractivity contribution is 0.306. The molecule has 1 aromatic carbocycles. The average molecular weight is 440 g/mol. The van der Waals surface area contributed by atoms with Gasteiger partial charge in [0.2, 0.25) is 0 Å². The number of nitrogens with zero attached hydrogens (tertiary/aromatic N) is 4. The summed E-state index contributed by atoms with van der Waals surface area (Å²) in [5, 5.41) is 8.19. The standard InChI is InChI=1S/C23H29N5O2S/c1-4-29-20-7-5-19(6-8-20)25-23(31)27-12-9-18(10-13-27)22-24-11-14-28(22)15-21-16(2)26-30-17(21)3/h5-8,11,14,18H,4,9-10,12-13,15H2,1-3H3,(H,25,31). The minimum absolute atomic E-state index is 0.417. The first-order valence-electron chi connectivity index (χ1n) is 10.8. The van der Waals surface area contributed by atoms with Gasteiger partial charge >= 0.3 is 0 Å². The first kappa shape index (κ1) is 21.4. The number of anilines is 1. The fourth-order valence-corrected chi connectivity index (χ4v) is 4.36. The zero-order valence-electron chi connectivity index (χ0n) is 18.3. The maximum absolute atomic E-state index is 5.66. The molecule has 0 atom stereocenters. The largest absolute Gasteiger partial charge is 0.494 e. The Bertz CT molecular complexity index is 1000. The number of hydrogen-bond acceptors (Lipinski definition) is 5. The zero-order valence-corrected chi connectivity index (χ0v) is 19.1. The summed E-state index contributed by atoms with van der Waals surface area (Å²) in [7, 11) is 0. The molecule has 0 bridgehead atoms. The third-order valence-electron chi connectivity index (χ3n) is 5.82. The van der Waals surface area contributed by atoms with Gasteiger partial charge in [-0.2, -0.15) is 0 Å². The molecule has 3 aromatic rings. The highest BCUT2D eigenvalue weighted by atomic mass is 32.1. The minimum atomic E-state index is 0.417.